The predicted octanol–water partition coefficient (Wildman–Crippen LogP) is 1.34. The van der Waals surface area contributed by atoms with Crippen molar-refractivity contribution in [3.05, 3.63) is 17.5 Å². The van der Waals surface area contributed by atoms with E-state index in [0.717, 1.165) is 6.54 Å². The molecule has 2 heterocycles. The van der Waals surface area contributed by atoms with Gasteiger partial charge in [0.05, 0.1) is 6.10 Å². The Labute approximate surface area is 93.9 Å². The first kappa shape index (κ1) is 10.6. The van der Waals surface area contributed by atoms with Gasteiger partial charge in [-0.25, -0.2) is 9.97 Å². The standard InChI is InChI=1S/C10H14ClN3O/c1-10(2)6-14(5-7(10)15)9-8(11)12-3-4-13-9/h3-4,7,15H,5-6H2,1-2H3. The summed E-state index contributed by atoms with van der Waals surface area (Å²) in [5.41, 5.74) is -0.124. The topological polar surface area (TPSA) is 49.2 Å². The zero-order chi connectivity index (χ0) is 11.1. The van der Waals surface area contributed by atoms with Crippen LogP contribution in [0.15, 0.2) is 12.4 Å². The van der Waals surface area contributed by atoms with E-state index >= 15 is 0 Å². The minimum absolute atomic E-state index is 0.124. The van der Waals surface area contributed by atoms with Gasteiger partial charge in [0, 0.05) is 30.9 Å². The second-order valence-electron chi connectivity index (χ2n) is 4.56. The fourth-order valence-electron chi connectivity index (χ4n) is 1.80. The Morgan fingerprint density at radius 1 is 1.47 bits per heavy atom. The van der Waals surface area contributed by atoms with Crippen LogP contribution in [-0.2, 0) is 0 Å². The van der Waals surface area contributed by atoms with E-state index in [1.54, 1.807) is 12.4 Å². The van der Waals surface area contributed by atoms with E-state index in [1.807, 2.05) is 18.7 Å². The van der Waals surface area contributed by atoms with Gasteiger partial charge in [0.2, 0.25) is 0 Å². The smallest absolute Gasteiger partial charge is 0.171 e. The Hall–Kier alpha value is -0.870. The summed E-state index contributed by atoms with van der Waals surface area (Å²) in [6.07, 6.45) is 2.82. The molecule has 1 aromatic heterocycles. The van der Waals surface area contributed by atoms with Crippen LogP contribution in [0, 0.1) is 5.41 Å². The van der Waals surface area contributed by atoms with Gasteiger partial charge in [0.25, 0.3) is 0 Å². The van der Waals surface area contributed by atoms with Crippen molar-refractivity contribution in [1.82, 2.24) is 9.97 Å². The van der Waals surface area contributed by atoms with E-state index in [2.05, 4.69) is 9.97 Å². The Balaban J connectivity index is 2.25. The molecule has 0 radical (unpaired) electrons. The lowest BCUT2D eigenvalue weighted by Crippen LogP contribution is -2.26. The summed E-state index contributed by atoms with van der Waals surface area (Å²) in [7, 11) is 0. The van der Waals surface area contributed by atoms with Crippen LogP contribution >= 0.6 is 11.6 Å². The van der Waals surface area contributed by atoms with Gasteiger partial charge in [-0.2, -0.15) is 0 Å². The van der Waals surface area contributed by atoms with E-state index in [0.29, 0.717) is 17.5 Å². The molecule has 0 spiro atoms. The number of rotatable bonds is 1. The number of hydrogen-bond acceptors (Lipinski definition) is 4. The third kappa shape index (κ3) is 1.92. The average molecular weight is 228 g/mol. The molecule has 0 aliphatic carbocycles. The molecule has 0 aromatic carbocycles. The van der Waals surface area contributed by atoms with Crippen molar-refractivity contribution in [1.29, 1.82) is 0 Å². The van der Waals surface area contributed by atoms with Crippen molar-refractivity contribution >= 4 is 17.4 Å². The molecule has 1 aliphatic heterocycles. The molecule has 1 atom stereocenters. The molecule has 1 aromatic rings. The van der Waals surface area contributed by atoms with Crippen LogP contribution < -0.4 is 4.90 Å². The van der Waals surface area contributed by atoms with Gasteiger partial charge in [-0.05, 0) is 0 Å². The van der Waals surface area contributed by atoms with Gasteiger partial charge in [0.1, 0.15) is 0 Å². The van der Waals surface area contributed by atoms with Crippen molar-refractivity contribution in [3.63, 3.8) is 0 Å². The summed E-state index contributed by atoms with van der Waals surface area (Å²) in [4.78, 5) is 10.1. The van der Waals surface area contributed by atoms with Crippen LogP contribution in [-0.4, -0.2) is 34.3 Å². The second-order valence-corrected chi connectivity index (χ2v) is 4.91. The fraction of sp³-hybridized carbons (Fsp3) is 0.600. The first-order chi connectivity index (χ1) is 7.00. The summed E-state index contributed by atoms with van der Waals surface area (Å²) in [6.45, 7) is 5.36. The molecule has 4 nitrogen and oxygen atoms in total. The molecule has 2 rings (SSSR count). The molecule has 15 heavy (non-hydrogen) atoms. The molecule has 0 bridgehead atoms. The highest BCUT2D eigenvalue weighted by Crippen LogP contribution is 2.33. The average Bonchev–Trinajstić information content (AvgIpc) is 2.42. The molecule has 1 saturated heterocycles. The molecule has 82 valence electrons. The van der Waals surface area contributed by atoms with Gasteiger partial charge in [-0.1, -0.05) is 25.4 Å². The maximum absolute atomic E-state index is 9.85. The van der Waals surface area contributed by atoms with E-state index in [-0.39, 0.29) is 11.5 Å². The van der Waals surface area contributed by atoms with Crippen LogP contribution in [0.2, 0.25) is 5.15 Å². The van der Waals surface area contributed by atoms with Gasteiger partial charge in [0.15, 0.2) is 11.0 Å². The zero-order valence-corrected chi connectivity index (χ0v) is 9.57. The van der Waals surface area contributed by atoms with Crippen LogP contribution in [0.5, 0.6) is 0 Å². The Bertz CT molecular complexity index is 369. The number of aliphatic hydroxyl groups excluding tert-OH is 1. The molecular weight excluding hydrogens is 214 g/mol. The van der Waals surface area contributed by atoms with Crippen molar-refractivity contribution in [2.75, 3.05) is 18.0 Å². The number of hydrogen-bond donors (Lipinski definition) is 1. The zero-order valence-electron chi connectivity index (χ0n) is 8.81. The maximum atomic E-state index is 9.85. The molecule has 1 aliphatic rings. The molecule has 1 unspecified atom stereocenters. The summed E-state index contributed by atoms with van der Waals surface area (Å²) in [6, 6.07) is 0. The molecule has 5 heteroatoms. The normalized spacial score (nSPS) is 24.5. The summed E-state index contributed by atoms with van der Waals surface area (Å²) >= 11 is 5.95. The first-order valence-electron chi connectivity index (χ1n) is 4.90. The molecule has 0 amide bonds. The fourth-order valence-corrected chi connectivity index (χ4v) is 2.03. The third-order valence-corrected chi connectivity index (χ3v) is 3.10. The van der Waals surface area contributed by atoms with Gasteiger partial charge < -0.3 is 10.0 Å². The lowest BCUT2D eigenvalue weighted by molar-refractivity contribution is 0.0964. The van der Waals surface area contributed by atoms with Gasteiger partial charge in [-0.15, -0.1) is 0 Å². The van der Waals surface area contributed by atoms with E-state index in [9.17, 15) is 5.11 Å². The SMILES string of the molecule is CC1(C)CN(c2nccnc2Cl)CC1O. The van der Waals surface area contributed by atoms with Crippen molar-refractivity contribution < 1.29 is 5.11 Å². The monoisotopic (exact) mass is 227 g/mol. The molecule has 1 fully saturated rings. The highest BCUT2D eigenvalue weighted by atomic mass is 35.5. The first-order valence-corrected chi connectivity index (χ1v) is 5.28. The minimum Gasteiger partial charge on any atom is -0.391 e. The van der Waals surface area contributed by atoms with E-state index in [1.165, 1.54) is 0 Å². The number of anilines is 1. The van der Waals surface area contributed by atoms with E-state index < -0.39 is 0 Å². The highest BCUT2D eigenvalue weighted by molar-refractivity contribution is 6.31. The van der Waals surface area contributed by atoms with E-state index in [4.69, 9.17) is 11.6 Å². The minimum atomic E-state index is -0.351. The van der Waals surface area contributed by atoms with Gasteiger partial charge >= 0.3 is 0 Å². The highest BCUT2D eigenvalue weighted by Gasteiger charge is 2.39. The predicted molar refractivity (Wildman–Crippen MR) is 59.0 cm³/mol. The Morgan fingerprint density at radius 3 is 2.67 bits per heavy atom. The summed E-state index contributed by atoms with van der Waals surface area (Å²) in [5, 5.41) is 10.2. The quantitative estimate of drug-likeness (QED) is 0.787. The Kier molecular flexibility index (Phi) is 2.56. The van der Waals surface area contributed by atoms with Gasteiger partial charge in [-0.3, -0.25) is 0 Å². The number of halogens is 1. The summed E-state index contributed by atoms with van der Waals surface area (Å²) in [5.74, 6) is 0.656. The second kappa shape index (κ2) is 3.61. The van der Waals surface area contributed by atoms with Crippen LogP contribution in [0.4, 0.5) is 5.82 Å². The number of aromatic nitrogens is 2. The van der Waals surface area contributed by atoms with Crippen LogP contribution in [0.25, 0.3) is 0 Å². The Morgan fingerprint density at radius 2 is 2.13 bits per heavy atom. The molecule has 1 N–H and O–H groups in total. The maximum Gasteiger partial charge on any atom is 0.171 e. The van der Waals surface area contributed by atoms with Crippen molar-refractivity contribution in [2.45, 2.75) is 20.0 Å². The largest absolute Gasteiger partial charge is 0.391 e. The number of aliphatic hydroxyl groups is 1. The number of β-amino-alcohol motifs (C(OH)–C–C–N with tert-alkyl or cyclic N) is 1. The number of nitrogens with zero attached hydrogens (tertiary/aromatic N) is 3. The van der Waals surface area contributed by atoms with Crippen LogP contribution in [0.1, 0.15) is 13.8 Å². The van der Waals surface area contributed by atoms with Crippen molar-refractivity contribution in [2.24, 2.45) is 5.41 Å². The summed E-state index contributed by atoms with van der Waals surface area (Å²) < 4.78 is 0. The van der Waals surface area contributed by atoms with Crippen molar-refractivity contribution in [3.8, 4) is 0 Å². The third-order valence-electron chi connectivity index (χ3n) is 2.83. The molecular formula is C10H14ClN3O. The van der Waals surface area contributed by atoms with Crippen LogP contribution in [0.3, 0.4) is 0 Å². The molecule has 0 saturated carbocycles. The lowest BCUT2D eigenvalue weighted by atomic mass is 9.90. The lowest BCUT2D eigenvalue weighted by Gasteiger charge is -2.21.